The average molecular weight is 461 g/mol. The molecule has 10 heteroatoms. The third-order valence-electron chi connectivity index (χ3n) is 6.68. The fourth-order valence-electron chi connectivity index (χ4n) is 5.00. The van der Waals surface area contributed by atoms with Crippen LogP contribution >= 0.6 is 11.6 Å². The molecular formula is C22H26ClFN6O2. The number of rotatable bonds is 3. The summed E-state index contributed by atoms with van der Waals surface area (Å²) >= 11 is 6.62. The first kappa shape index (κ1) is 21.2. The molecule has 8 nitrogen and oxygen atoms in total. The zero-order chi connectivity index (χ0) is 22.7. The number of fused-ring (bicyclic) bond motifs is 1. The van der Waals surface area contributed by atoms with Crippen molar-refractivity contribution in [3.63, 3.8) is 0 Å². The number of aliphatic hydroxyl groups is 1. The highest BCUT2D eigenvalue weighted by molar-refractivity contribution is 6.22. The first-order valence-electron chi connectivity index (χ1n) is 10.8. The summed E-state index contributed by atoms with van der Waals surface area (Å²) in [5, 5.41) is 16.7. The van der Waals surface area contributed by atoms with Crippen LogP contribution in [-0.4, -0.2) is 67.3 Å². The van der Waals surface area contributed by atoms with Crippen LogP contribution < -0.4 is 10.2 Å². The Labute approximate surface area is 190 Å². The fraction of sp³-hybridized carbons (Fsp3) is 0.500. The Balaban J connectivity index is 1.41. The molecule has 2 aliphatic heterocycles. The van der Waals surface area contributed by atoms with Crippen LogP contribution in [0.1, 0.15) is 26.7 Å². The van der Waals surface area contributed by atoms with Gasteiger partial charge >= 0.3 is 6.03 Å². The Morgan fingerprint density at radius 3 is 2.91 bits per heavy atom. The molecule has 0 bridgehead atoms. The van der Waals surface area contributed by atoms with E-state index in [0.29, 0.717) is 11.3 Å². The Hall–Kier alpha value is -2.65. The molecule has 0 aromatic carbocycles. The van der Waals surface area contributed by atoms with Crippen molar-refractivity contribution in [3.05, 3.63) is 42.5 Å². The van der Waals surface area contributed by atoms with E-state index in [2.05, 4.69) is 15.3 Å². The number of carbonyl (C=O) groups excluding carboxylic acids is 1. The Morgan fingerprint density at radius 2 is 2.16 bits per heavy atom. The van der Waals surface area contributed by atoms with E-state index in [4.69, 9.17) is 16.6 Å². The maximum atomic E-state index is 14.1. The van der Waals surface area contributed by atoms with E-state index >= 15 is 0 Å². The number of alkyl halides is 1. The highest BCUT2D eigenvalue weighted by Gasteiger charge is 2.45. The summed E-state index contributed by atoms with van der Waals surface area (Å²) in [4.78, 5) is 21.0. The predicted octanol–water partition coefficient (Wildman–Crippen LogP) is 3.33. The smallest absolute Gasteiger partial charge is 0.322 e. The second-order valence-electron chi connectivity index (χ2n) is 9.40. The fourth-order valence-corrected chi connectivity index (χ4v) is 5.28. The van der Waals surface area contributed by atoms with E-state index in [-0.39, 0.29) is 36.4 Å². The van der Waals surface area contributed by atoms with Crippen molar-refractivity contribution in [2.24, 2.45) is 5.41 Å². The zero-order valence-electron chi connectivity index (χ0n) is 18.0. The summed E-state index contributed by atoms with van der Waals surface area (Å²) in [6.45, 7) is 5.03. The lowest BCUT2D eigenvalue weighted by molar-refractivity contribution is -0.0581. The van der Waals surface area contributed by atoms with Crippen LogP contribution in [0.3, 0.4) is 0 Å². The number of hydrogen-bond acceptors (Lipinski definition) is 5. The van der Waals surface area contributed by atoms with Crippen LogP contribution in [0.5, 0.6) is 0 Å². The van der Waals surface area contributed by atoms with Crippen molar-refractivity contribution >= 4 is 34.8 Å². The minimum atomic E-state index is -0.840. The molecule has 170 valence electrons. The van der Waals surface area contributed by atoms with Crippen molar-refractivity contribution in [1.29, 1.82) is 0 Å². The summed E-state index contributed by atoms with van der Waals surface area (Å²) < 4.78 is 15.7. The van der Waals surface area contributed by atoms with Gasteiger partial charge in [-0.2, -0.15) is 5.10 Å². The number of urea groups is 1. The van der Waals surface area contributed by atoms with E-state index in [0.717, 1.165) is 25.2 Å². The maximum Gasteiger partial charge on any atom is 0.322 e. The quantitative estimate of drug-likeness (QED) is 0.686. The van der Waals surface area contributed by atoms with E-state index in [1.165, 1.54) is 11.0 Å². The number of hydrogen-bond donors (Lipinski definition) is 2. The summed E-state index contributed by atoms with van der Waals surface area (Å²) in [5.74, 6) is 0.460. The van der Waals surface area contributed by atoms with Crippen molar-refractivity contribution in [2.45, 2.75) is 43.7 Å². The van der Waals surface area contributed by atoms with Crippen LogP contribution in [0.25, 0.3) is 5.65 Å². The number of aromatic nitrogens is 3. The minimum Gasteiger partial charge on any atom is -0.386 e. The second-order valence-corrected chi connectivity index (χ2v) is 9.87. The van der Waals surface area contributed by atoms with Gasteiger partial charge in [0.15, 0.2) is 5.65 Å². The molecule has 2 amide bonds. The highest BCUT2D eigenvalue weighted by atomic mass is 35.5. The van der Waals surface area contributed by atoms with E-state index in [1.807, 2.05) is 13.0 Å². The van der Waals surface area contributed by atoms with Crippen LogP contribution in [0.4, 0.5) is 20.7 Å². The van der Waals surface area contributed by atoms with Gasteiger partial charge in [-0.05, 0) is 38.0 Å². The van der Waals surface area contributed by atoms with Gasteiger partial charge in [0.05, 0.1) is 30.3 Å². The van der Waals surface area contributed by atoms with Crippen molar-refractivity contribution < 1.29 is 14.3 Å². The van der Waals surface area contributed by atoms with Crippen LogP contribution in [0.2, 0.25) is 0 Å². The largest absolute Gasteiger partial charge is 0.386 e. The molecule has 2 fully saturated rings. The maximum absolute atomic E-state index is 14.1. The molecule has 1 aliphatic carbocycles. The predicted molar refractivity (Wildman–Crippen MR) is 121 cm³/mol. The van der Waals surface area contributed by atoms with Gasteiger partial charge in [-0.1, -0.05) is 13.0 Å². The van der Waals surface area contributed by atoms with Gasteiger partial charge < -0.3 is 20.2 Å². The molecule has 2 aromatic rings. The molecule has 2 unspecified atom stereocenters. The number of anilines is 2. The van der Waals surface area contributed by atoms with Crippen LogP contribution in [-0.2, 0) is 0 Å². The molecule has 5 rings (SSSR count). The number of β-amino-alcohol motifs (C(OH)–C–C–N with tert-alkyl or cyclic N) is 1. The average Bonchev–Trinajstić information content (AvgIpc) is 3.36. The van der Waals surface area contributed by atoms with Gasteiger partial charge in [-0.3, -0.25) is 0 Å². The lowest BCUT2D eigenvalue weighted by atomic mass is 9.75. The topological polar surface area (TPSA) is 86.0 Å². The second kappa shape index (κ2) is 7.45. The molecule has 0 spiro atoms. The molecule has 2 aromatic heterocycles. The van der Waals surface area contributed by atoms with E-state index in [9.17, 15) is 14.3 Å². The molecule has 2 saturated heterocycles. The summed E-state index contributed by atoms with van der Waals surface area (Å²) in [5.41, 5.74) is -0.400. The van der Waals surface area contributed by atoms with Gasteiger partial charge in [0, 0.05) is 24.2 Å². The lowest BCUT2D eigenvalue weighted by Gasteiger charge is -2.43. The van der Waals surface area contributed by atoms with Crippen molar-refractivity contribution in [1.82, 2.24) is 19.5 Å². The molecule has 3 aliphatic rings. The standard InChI is InChI=1S/C22H26ClFN6O2/c1-21(32)12-28(13-21)20(31)26-15-11-25-30-9-7-18(27-19(15)30)29-8-3-4-17(29)22(2)10-14(24)5-6-16(22)23/h5-7,9-11,16-17,32H,3-4,8,12-13H2,1-2H3,(H,26,31)/t16?,17-,22?/m1/s1. The monoisotopic (exact) mass is 460 g/mol. The molecule has 2 N–H and O–H groups in total. The third kappa shape index (κ3) is 3.53. The summed E-state index contributed by atoms with van der Waals surface area (Å²) in [7, 11) is 0. The number of likely N-dealkylation sites (tertiary alicyclic amines) is 1. The van der Waals surface area contributed by atoms with Gasteiger partial charge in [0.2, 0.25) is 0 Å². The number of amides is 2. The summed E-state index contributed by atoms with van der Waals surface area (Å²) in [6.07, 6.45) is 9.94. The highest BCUT2D eigenvalue weighted by Crippen LogP contribution is 2.44. The zero-order valence-corrected chi connectivity index (χ0v) is 18.8. The SMILES string of the molecule is CC1(O)CN(C(=O)Nc2cnn3ccc(N4CCC[C@@H]4C4(C)C=C(F)C=CC4Cl)nc23)C1. The van der Waals surface area contributed by atoms with E-state index < -0.39 is 11.0 Å². The molecule has 3 atom stereocenters. The first-order valence-corrected chi connectivity index (χ1v) is 11.2. The molecule has 4 heterocycles. The third-order valence-corrected chi connectivity index (χ3v) is 7.29. The van der Waals surface area contributed by atoms with Gasteiger partial charge in [0.25, 0.3) is 0 Å². The Morgan fingerprint density at radius 1 is 1.38 bits per heavy atom. The Bertz CT molecular complexity index is 1120. The number of nitrogens with one attached hydrogen (secondary N) is 1. The Kier molecular flexibility index (Phi) is 4.94. The number of nitrogens with zero attached hydrogens (tertiary/aromatic N) is 5. The lowest BCUT2D eigenvalue weighted by Crippen LogP contribution is -2.62. The minimum absolute atomic E-state index is 0.0140. The number of halogens is 2. The molecular weight excluding hydrogens is 435 g/mol. The van der Waals surface area contributed by atoms with Crippen LogP contribution in [0.15, 0.2) is 42.5 Å². The van der Waals surface area contributed by atoms with Crippen LogP contribution in [0, 0.1) is 5.41 Å². The van der Waals surface area contributed by atoms with Gasteiger partial charge in [0.1, 0.15) is 17.3 Å². The molecule has 0 radical (unpaired) electrons. The van der Waals surface area contributed by atoms with Crippen molar-refractivity contribution in [3.8, 4) is 0 Å². The normalized spacial score (nSPS) is 29.2. The first-order chi connectivity index (χ1) is 15.2. The van der Waals surface area contributed by atoms with E-state index in [1.54, 1.807) is 36.0 Å². The summed E-state index contributed by atoms with van der Waals surface area (Å²) in [6, 6.07) is 1.56. The molecule has 32 heavy (non-hydrogen) atoms. The van der Waals surface area contributed by atoms with Gasteiger partial charge in [-0.15, -0.1) is 11.6 Å². The molecule has 0 saturated carbocycles. The van der Waals surface area contributed by atoms with Gasteiger partial charge in [-0.25, -0.2) is 18.7 Å². The number of carbonyl (C=O) groups is 1. The van der Waals surface area contributed by atoms with Crippen molar-refractivity contribution in [2.75, 3.05) is 29.9 Å². The number of allylic oxidation sites excluding steroid dienone is 3.